The number of hydrogen-bond donors (Lipinski definition) is 4. The Balaban J connectivity index is 2.35. The average molecular weight is 696 g/mol. The molecule has 0 aromatic heterocycles. The number of nitrogens with one attached hydrogen (secondary N) is 2. The minimum absolute atomic E-state index is 0.0609. The second-order valence-electron chi connectivity index (χ2n) is 13.7. The predicted octanol–water partition coefficient (Wildman–Crippen LogP) is 1.66. The summed E-state index contributed by atoms with van der Waals surface area (Å²) in [6.07, 6.45) is 3.56. The Morgan fingerprint density at radius 2 is 1.46 bits per heavy atom. The van der Waals surface area contributed by atoms with Crippen LogP contribution in [0.4, 0.5) is 0 Å². The number of sulfonamides is 2. The molecule has 0 radical (unpaired) electrons. The van der Waals surface area contributed by atoms with Gasteiger partial charge in [0.05, 0.1) is 28.7 Å². The number of hydrazine groups is 1. The third-order valence-corrected chi connectivity index (χ3v) is 13.5. The fourth-order valence-electron chi connectivity index (χ4n) is 6.58. The third kappa shape index (κ3) is 11.7. The van der Waals surface area contributed by atoms with E-state index in [9.17, 15) is 36.6 Å². The van der Waals surface area contributed by atoms with Crippen molar-refractivity contribution in [1.29, 1.82) is 0 Å². The minimum Gasteiger partial charge on any atom is -0.393 e. The lowest BCUT2D eigenvalue weighted by atomic mass is 9.79. The molecule has 2 fully saturated rings. The van der Waals surface area contributed by atoms with E-state index in [0.717, 1.165) is 30.0 Å². The van der Waals surface area contributed by atoms with Crippen molar-refractivity contribution in [2.24, 2.45) is 17.8 Å². The van der Waals surface area contributed by atoms with E-state index in [1.54, 1.807) is 25.7 Å². The number of rotatable bonds is 18. The van der Waals surface area contributed by atoms with Gasteiger partial charge in [0.15, 0.2) is 0 Å². The van der Waals surface area contributed by atoms with Crippen LogP contribution < -0.4 is 10.1 Å². The van der Waals surface area contributed by atoms with Crippen molar-refractivity contribution < 1.29 is 36.6 Å². The molecule has 0 aromatic carbocycles. The molecule has 2 aliphatic carbocycles. The lowest BCUT2D eigenvalue weighted by molar-refractivity contribution is -0.138. The lowest BCUT2D eigenvalue weighted by Gasteiger charge is -2.38. The normalized spacial score (nSPS) is 25.9. The maximum atomic E-state index is 14.0. The second kappa shape index (κ2) is 18.4. The predicted molar refractivity (Wildman–Crippen MR) is 179 cm³/mol. The van der Waals surface area contributed by atoms with Crippen molar-refractivity contribution in [3.05, 3.63) is 0 Å². The van der Waals surface area contributed by atoms with Crippen LogP contribution in [0.5, 0.6) is 0 Å². The number of carbonyl (C=O) groups excluding carboxylic acids is 2. The van der Waals surface area contributed by atoms with Crippen molar-refractivity contribution in [3.8, 4) is 0 Å². The largest absolute Gasteiger partial charge is 0.393 e. The average Bonchev–Trinajstić information content (AvgIpc) is 3.00. The van der Waals surface area contributed by atoms with Gasteiger partial charge in [0.2, 0.25) is 31.9 Å². The van der Waals surface area contributed by atoms with Gasteiger partial charge in [0.25, 0.3) is 0 Å². The smallest absolute Gasteiger partial charge is 0.226 e. The Morgan fingerprint density at radius 1 is 0.891 bits per heavy atom. The van der Waals surface area contributed by atoms with Gasteiger partial charge in [-0.3, -0.25) is 9.59 Å². The first-order valence-electron chi connectivity index (χ1n) is 17.1. The summed E-state index contributed by atoms with van der Waals surface area (Å²) in [6, 6.07) is -0.748. The van der Waals surface area contributed by atoms with Gasteiger partial charge in [-0.2, -0.15) is 0 Å². The van der Waals surface area contributed by atoms with Crippen LogP contribution in [0.15, 0.2) is 0 Å². The molecule has 0 spiro atoms. The van der Waals surface area contributed by atoms with Crippen molar-refractivity contribution >= 4 is 31.9 Å². The van der Waals surface area contributed by atoms with Gasteiger partial charge in [0.1, 0.15) is 0 Å². The van der Waals surface area contributed by atoms with Crippen LogP contribution in [-0.2, 0) is 29.6 Å². The fraction of sp³-hybridized carbons (Fsp3) is 0.935. The number of aliphatic hydroxyl groups excluding tert-OH is 2. The Hall–Kier alpha value is -1.36. The van der Waals surface area contributed by atoms with Gasteiger partial charge >= 0.3 is 0 Å². The number of nitrogens with zero attached hydrogens (tertiary/aromatic N) is 3. The number of amides is 2. The first kappa shape index (κ1) is 40.8. The molecule has 5 unspecified atom stereocenters. The van der Waals surface area contributed by atoms with Crippen LogP contribution in [0.1, 0.15) is 98.8 Å². The quantitative estimate of drug-likeness (QED) is 0.155. The van der Waals surface area contributed by atoms with E-state index in [1.807, 2.05) is 13.8 Å². The summed E-state index contributed by atoms with van der Waals surface area (Å²) in [5.41, 5.74) is 0. The van der Waals surface area contributed by atoms with Crippen LogP contribution in [0, 0.1) is 17.8 Å². The molecule has 13 nitrogen and oxygen atoms in total. The number of likely N-dealkylation sites (N-methyl/N-ethyl adjacent to an activating group) is 1. The summed E-state index contributed by atoms with van der Waals surface area (Å²) in [4.78, 5) is 32.0. The maximum absolute atomic E-state index is 14.0. The molecule has 2 saturated carbocycles. The second-order valence-corrected chi connectivity index (χ2v) is 18.3. The molecule has 5 atom stereocenters. The van der Waals surface area contributed by atoms with E-state index < -0.39 is 60.4 Å². The van der Waals surface area contributed by atoms with Crippen molar-refractivity contribution in [3.63, 3.8) is 0 Å². The monoisotopic (exact) mass is 695 g/mol. The highest BCUT2D eigenvalue weighted by molar-refractivity contribution is 7.90. The number of aliphatic hydroxyl groups is 2. The highest BCUT2D eigenvalue weighted by Crippen LogP contribution is 2.36. The Labute approximate surface area is 277 Å². The molecule has 2 amide bonds. The summed E-state index contributed by atoms with van der Waals surface area (Å²) >= 11 is 0. The van der Waals surface area contributed by atoms with Crippen molar-refractivity contribution in [2.45, 2.75) is 128 Å². The van der Waals surface area contributed by atoms with E-state index >= 15 is 0 Å². The summed E-state index contributed by atoms with van der Waals surface area (Å²) in [6.45, 7) is 10.2. The van der Waals surface area contributed by atoms with Gasteiger partial charge in [-0.15, -0.1) is 4.83 Å². The molecule has 0 aliphatic heterocycles. The molecule has 0 bridgehead atoms. The van der Waals surface area contributed by atoms with E-state index in [0.29, 0.717) is 32.4 Å². The Kier molecular flexibility index (Phi) is 16.3. The van der Waals surface area contributed by atoms with Gasteiger partial charge in [-0.05, 0) is 84.0 Å². The highest BCUT2D eigenvalue weighted by Gasteiger charge is 2.44. The Bertz CT molecular complexity index is 1170. The molecule has 2 aliphatic rings. The van der Waals surface area contributed by atoms with Crippen LogP contribution in [-0.4, -0.2) is 122 Å². The summed E-state index contributed by atoms with van der Waals surface area (Å²) in [5.74, 6) is -1.82. The van der Waals surface area contributed by atoms with Crippen molar-refractivity contribution in [2.75, 3.05) is 40.3 Å². The maximum Gasteiger partial charge on any atom is 0.226 e. The molecule has 0 saturated heterocycles. The summed E-state index contributed by atoms with van der Waals surface area (Å²) < 4.78 is 52.9. The van der Waals surface area contributed by atoms with Gasteiger partial charge in [-0.1, -0.05) is 20.8 Å². The molecule has 0 aromatic rings. The van der Waals surface area contributed by atoms with Gasteiger partial charge in [0, 0.05) is 52.1 Å². The molecule has 4 N–H and O–H groups in total. The Morgan fingerprint density at radius 3 is 1.96 bits per heavy atom. The zero-order valence-electron chi connectivity index (χ0n) is 29.0. The van der Waals surface area contributed by atoms with E-state index in [1.165, 1.54) is 19.1 Å². The third-order valence-electron chi connectivity index (χ3n) is 9.47. The first-order valence-corrected chi connectivity index (χ1v) is 20.1. The fourth-order valence-corrected chi connectivity index (χ4v) is 8.90. The molecule has 2 rings (SSSR count). The van der Waals surface area contributed by atoms with Crippen LogP contribution in [0.25, 0.3) is 0 Å². The standard InChI is InChI=1S/C31H61N5O8S2/c1-8-15-35(16-9-2)31(40)25-18-24(19-27(20-25)46(43,44)34(6)7)30(39)32-28(17-23-11-13-26(37)14-12-23)29(38)21-36(10-3)33-45(41,42)22(4)5/h22-29,33,37-38H,8-21H2,1-7H3,(H,32,39). The van der Waals surface area contributed by atoms with Crippen LogP contribution in [0.2, 0.25) is 0 Å². The van der Waals surface area contributed by atoms with E-state index in [4.69, 9.17) is 0 Å². The zero-order chi connectivity index (χ0) is 34.8. The number of hydrogen-bond acceptors (Lipinski definition) is 9. The molecule has 15 heteroatoms. The molecule has 46 heavy (non-hydrogen) atoms. The summed E-state index contributed by atoms with van der Waals surface area (Å²) in [5, 5.41) is 24.3. The molecule has 0 heterocycles. The van der Waals surface area contributed by atoms with Crippen LogP contribution in [0.3, 0.4) is 0 Å². The zero-order valence-corrected chi connectivity index (χ0v) is 30.7. The van der Waals surface area contributed by atoms with Crippen molar-refractivity contribution in [1.82, 2.24) is 24.4 Å². The van der Waals surface area contributed by atoms with Gasteiger partial charge < -0.3 is 20.4 Å². The minimum atomic E-state index is -3.76. The van der Waals surface area contributed by atoms with Crippen LogP contribution >= 0.6 is 0 Å². The molecular weight excluding hydrogens is 635 g/mol. The number of carbonyl (C=O) groups is 2. The molecule has 270 valence electrons. The van der Waals surface area contributed by atoms with E-state index in [2.05, 4.69) is 10.1 Å². The first-order chi connectivity index (χ1) is 21.5. The summed E-state index contributed by atoms with van der Waals surface area (Å²) in [7, 11) is -4.51. The van der Waals surface area contributed by atoms with Gasteiger partial charge in [-0.25, -0.2) is 26.1 Å². The SMILES string of the molecule is CCCN(CCC)C(=O)C1CC(C(=O)NC(CC2CCC(O)CC2)C(O)CN(CC)NS(=O)(=O)C(C)C)CC(S(=O)(=O)N(C)C)C1. The van der Waals surface area contributed by atoms with E-state index in [-0.39, 0.29) is 50.3 Å². The highest BCUT2D eigenvalue weighted by atomic mass is 32.2. The molecular formula is C31H61N5O8S2. The lowest BCUT2D eigenvalue weighted by Crippen LogP contribution is -2.55. The topological polar surface area (TPSA) is 177 Å².